The smallest absolute Gasteiger partial charge is 0.355 e. The fraction of sp³-hybridized carbons (Fsp3) is 0.100. The maximum Gasteiger partial charge on any atom is 0.355 e. The van der Waals surface area contributed by atoms with Crippen molar-refractivity contribution in [1.82, 2.24) is 0 Å². The highest BCUT2D eigenvalue weighted by atomic mass is 16.5. The van der Waals surface area contributed by atoms with E-state index in [0.717, 1.165) is 7.11 Å². The number of carbonyl (C=O) groups excluding carboxylic acids is 4. The molecule has 11 heteroatoms. The van der Waals surface area contributed by atoms with Gasteiger partial charge in [-0.1, -0.05) is 30.3 Å². The van der Waals surface area contributed by atoms with E-state index < -0.39 is 29.7 Å². The Bertz CT molecular complexity index is 1620. The van der Waals surface area contributed by atoms with Crippen LogP contribution in [0.25, 0.3) is 0 Å². The van der Waals surface area contributed by atoms with Crippen molar-refractivity contribution in [2.75, 3.05) is 24.4 Å². The molecular weight excluding hydrogens is 526 g/mol. The average molecular weight is 552 g/mol. The SMILES string of the molecule is COC(=O)C1=C(C(=O)OC)N(c2ccc(C(=O)Nc3ccc(C(N)=O)cc3)cc2)C(N)=C(C#N)C1c1ccccc1. The lowest BCUT2D eigenvalue weighted by molar-refractivity contribution is -0.139. The molecule has 0 radical (unpaired) electrons. The van der Waals surface area contributed by atoms with Crippen molar-refractivity contribution >= 4 is 35.1 Å². The molecule has 3 aromatic carbocycles. The molecule has 1 atom stereocenters. The Morgan fingerprint density at radius 2 is 1.44 bits per heavy atom. The Hall–Kier alpha value is -5.89. The predicted octanol–water partition coefficient (Wildman–Crippen LogP) is 2.94. The molecule has 1 aliphatic rings. The number of anilines is 2. The maximum atomic E-state index is 13.2. The number of benzene rings is 3. The highest BCUT2D eigenvalue weighted by molar-refractivity contribution is 6.07. The maximum absolute atomic E-state index is 13.2. The normalized spacial score (nSPS) is 14.7. The number of nitrogens with zero attached hydrogens (tertiary/aromatic N) is 2. The molecule has 1 unspecified atom stereocenters. The third-order valence-corrected chi connectivity index (χ3v) is 6.43. The number of nitrogens with one attached hydrogen (secondary N) is 1. The van der Waals surface area contributed by atoms with Gasteiger partial charge >= 0.3 is 11.9 Å². The van der Waals surface area contributed by atoms with Gasteiger partial charge in [-0.2, -0.15) is 5.26 Å². The van der Waals surface area contributed by atoms with Crippen LogP contribution in [0, 0.1) is 11.3 Å². The molecule has 11 nitrogen and oxygen atoms in total. The average Bonchev–Trinajstić information content (AvgIpc) is 3.00. The first-order chi connectivity index (χ1) is 19.7. The Kier molecular flexibility index (Phi) is 8.15. The molecule has 0 saturated heterocycles. The van der Waals surface area contributed by atoms with E-state index in [-0.39, 0.29) is 33.9 Å². The number of carbonyl (C=O) groups is 4. The van der Waals surface area contributed by atoms with Gasteiger partial charge in [0.1, 0.15) is 11.5 Å². The highest BCUT2D eigenvalue weighted by Crippen LogP contribution is 2.43. The van der Waals surface area contributed by atoms with Crippen LogP contribution in [0.3, 0.4) is 0 Å². The molecule has 41 heavy (non-hydrogen) atoms. The Labute approximate surface area is 235 Å². The fourth-order valence-corrected chi connectivity index (χ4v) is 4.46. The van der Waals surface area contributed by atoms with Gasteiger partial charge in [0.05, 0.1) is 37.4 Å². The zero-order valence-corrected chi connectivity index (χ0v) is 22.1. The second-order valence-corrected chi connectivity index (χ2v) is 8.78. The number of primary amides is 1. The zero-order chi connectivity index (χ0) is 29.7. The molecule has 0 fully saturated rings. The Balaban J connectivity index is 1.77. The number of hydrogen-bond acceptors (Lipinski definition) is 9. The fourth-order valence-electron chi connectivity index (χ4n) is 4.46. The van der Waals surface area contributed by atoms with Gasteiger partial charge < -0.3 is 26.3 Å². The standard InChI is InChI=1S/C30H25N5O6/c1-40-29(38)24-23(17-6-4-3-5-7-17)22(16-31)26(32)35(25(24)30(39)41-2)21-14-10-19(11-15-21)28(37)34-20-12-8-18(9-13-20)27(33)36/h3-15,23H,32H2,1-2H3,(H2,33,36)(H,34,37). The number of allylic oxidation sites excluding steroid dienone is 1. The first kappa shape index (κ1) is 28.1. The van der Waals surface area contributed by atoms with E-state index in [9.17, 15) is 24.4 Å². The second-order valence-electron chi connectivity index (χ2n) is 8.78. The van der Waals surface area contributed by atoms with E-state index >= 15 is 0 Å². The lowest BCUT2D eigenvalue weighted by Crippen LogP contribution is -2.40. The van der Waals surface area contributed by atoms with Crippen LogP contribution in [0.5, 0.6) is 0 Å². The van der Waals surface area contributed by atoms with Crippen LogP contribution < -0.4 is 21.7 Å². The minimum Gasteiger partial charge on any atom is -0.466 e. The first-order valence-corrected chi connectivity index (χ1v) is 12.2. The second kappa shape index (κ2) is 11.9. The van der Waals surface area contributed by atoms with Crippen molar-refractivity contribution in [3.05, 3.63) is 118 Å². The third-order valence-electron chi connectivity index (χ3n) is 6.43. The molecule has 206 valence electrons. The molecule has 0 bridgehead atoms. The van der Waals surface area contributed by atoms with Gasteiger partial charge in [-0.25, -0.2) is 9.59 Å². The number of rotatable bonds is 7. The zero-order valence-electron chi connectivity index (χ0n) is 22.1. The number of nitrogens with two attached hydrogens (primary N) is 2. The topological polar surface area (TPSA) is 178 Å². The van der Waals surface area contributed by atoms with Gasteiger partial charge in [-0.15, -0.1) is 0 Å². The Morgan fingerprint density at radius 1 is 0.854 bits per heavy atom. The van der Waals surface area contributed by atoms with Gasteiger partial charge in [0, 0.05) is 22.5 Å². The number of amides is 2. The van der Waals surface area contributed by atoms with E-state index in [1.807, 2.05) is 0 Å². The van der Waals surface area contributed by atoms with Gasteiger partial charge in [0.15, 0.2) is 0 Å². The van der Waals surface area contributed by atoms with Crippen LogP contribution in [0.2, 0.25) is 0 Å². The summed E-state index contributed by atoms with van der Waals surface area (Å²) in [5.74, 6) is -3.86. The molecule has 3 aromatic rings. The number of ether oxygens (including phenoxy) is 2. The van der Waals surface area contributed by atoms with Crippen LogP contribution in [-0.2, 0) is 19.1 Å². The number of hydrogen-bond donors (Lipinski definition) is 3. The van der Waals surface area contributed by atoms with E-state index in [1.165, 1.54) is 48.4 Å². The highest BCUT2D eigenvalue weighted by Gasteiger charge is 2.43. The summed E-state index contributed by atoms with van der Waals surface area (Å²) in [4.78, 5) is 51.6. The van der Waals surface area contributed by atoms with Crippen molar-refractivity contribution in [1.29, 1.82) is 5.26 Å². The summed E-state index contributed by atoms with van der Waals surface area (Å²) in [5, 5.41) is 12.8. The van der Waals surface area contributed by atoms with E-state index in [1.54, 1.807) is 42.5 Å². The van der Waals surface area contributed by atoms with Gasteiger partial charge in [-0.3, -0.25) is 14.5 Å². The van der Waals surface area contributed by atoms with E-state index in [2.05, 4.69) is 11.4 Å². The Morgan fingerprint density at radius 3 is 1.98 bits per heavy atom. The predicted molar refractivity (Wildman–Crippen MR) is 149 cm³/mol. The molecule has 5 N–H and O–H groups in total. The number of methoxy groups -OCH3 is 2. The quantitative estimate of drug-likeness (QED) is 0.372. The van der Waals surface area contributed by atoms with Crippen LogP contribution in [-0.4, -0.2) is 38.0 Å². The molecule has 4 rings (SSSR count). The van der Waals surface area contributed by atoms with Gasteiger partial charge in [-0.05, 0) is 54.1 Å². The van der Waals surface area contributed by atoms with Crippen LogP contribution in [0.15, 0.2) is 102 Å². The third kappa shape index (κ3) is 5.48. The summed E-state index contributed by atoms with van der Waals surface area (Å²) in [6, 6.07) is 22.8. The summed E-state index contributed by atoms with van der Waals surface area (Å²) in [5.41, 5.74) is 13.2. The minimum atomic E-state index is -0.995. The van der Waals surface area contributed by atoms with Crippen LogP contribution >= 0.6 is 0 Å². The van der Waals surface area contributed by atoms with Crippen LogP contribution in [0.1, 0.15) is 32.2 Å². The molecule has 1 heterocycles. The lowest BCUT2D eigenvalue weighted by atomic mass is 9.81. The summed E-state index contributed by atoms with van der Waals surface area (Å²) in [7, 11) is 2.32. The van der Waals surface area contributed by atoms with Crippen molar-refractivity contribution in [3.63, 3.8) is 0 Å². The van der Waals surface area contributed by atoms with Gasteiger partial charge in [0.25, 0.3) is 5.91 Å². The minimum absolute atomic E-state index is 0.0190. The largest absolute Gasteiger partial charge is 0.466 e. The monoisotopic (exact) mass is 551 g/mol. The first-order valence-electron chi connectivity index (χ1n) is 12.2. The van der Waals surface area contributed by atoms with E-state index in [0.29, 0.717) is 16.8 Å². The lowest BCUT2D eigenvalue weighted by Gasteiger charge is -2.35. The summed E-state index contributed by atoms with van der Waals surface area (Å²) < 4.78 is 10.0. The van der Waals surface area contributed by atoms with Gasteiger partial charge in [0.2, 0.25) is 5.91 Å². The van der Waals surface area contributed by atoms with Crippen molar-refractivity contribution in [2.24, 2.45) is 11.5 Å². The molecule has 0 aromatic heterocycles. The number of nitriles is 1. The molecular formula is C30H25N5O6. The molecule has 0 spiro atoms. The summed E-state index contributed by atoms with van der Waals surface area (Å²) in [6.45, 7) is 0. The van der Waals surface area contributed by atoms with E-state index in [4.69, 9.17) is 20.9 Å². The van der Waals surface area contributed by atoms with Crippen molar-refractivity contribution < 1.29 is 28.7 Å². The number of esters is 2. The van der Waals surface area contributed by atoms with Crippen molar-refractivity contribution in [2.45, 2.75) is 5.92 Å². The summed E-state index contributed by atoms with van der Waals surface area (Å²) in [6.07, 6.45) is 0. The molecule has 1 aliphatic heterocycles. The van der Waals surface area contributed by atoms with Crippen LogP contribution in [0.4, 0.5) is 11.4 Å². The molecule has 0 saturated carbocycles. The van der Waals surface area contributed by atoms with Crippen molar-refractivity contribution in [3.8, 4) is 6.07 Å². The molecule has 0 aliphatic carbocycles. The summed E-state index contributed by atoms with van der Waals surface area (Å²) >= 11 is 0. The molecule has 2 amide bonds.